The van der Waals surface area contributed by atoms with Crippen LogP contribution in [0.1, 0.15) is 46.7 Å². The molecule has 0 saturated heterocycles. The number of fused-ring (bicyclic) bond motifs is 1. The van der Waals surface area contributed by atoms with Crippen LogP contribution in [0.2, 0.25) is 5.02 Å². The van der Waals surface area contributed by atoms with Crippen molar-refractivity contribution in [2.24, 2.45) is 0 Å². The minimum atomic E-state index is -1.16. The van der Waals surface area contributed by atoms with Crippen LogP contribution in [0, 0.1) is 0 Å². The van der Waals surface area contributed by atoms with Crippen molar-refractivity contribution in [2.45, 2.75) is 31.6 Å². The number of aryl methyl sites for hydroxylation is 1. The predicted molar refractivity (Wildman–Crippen MR) is 146 cm³/mol. The van der Waals surface area contributed by atoms with Crippen LogP contribution in [0.5, 0.6) is 28.7 Å². The van der Waals surface area contributed by atoms with Gasteiger partial charge in [-0.05, 0) is 79.4 Å². The van der Waals surface area contributed by atoms with Gasteiger partial charge in [-0.15, -0.1) is 0 Å². The second-order valence-electron chi connectivity index (χ2n) is 9.29. The van der Waals surface area contributed by atoms with E-state index in [4.69, 9.17) is 25.8 Å². The van der Waals surface area contributed by atoms with Gasteiger partial charge in [0, 0.05) is 35.5 Å². The number of aliphatic carboxylic acids is 1. The van der Waals surface area contributed by atoms with Crippen molar-refractivity contribution in [1.82, 2.24) is 0 Å². The maximum Gasteiger partial charge on any atom is 1.00 e. The van der Waals surface area contributed by atoms with E-state index in [1.165, 1.54) is 0 Å². The number of para-hydroxylation sites is 1. The molecular formula is C32H26ClNaO6. The van der Waals surface area contributed by atoms with Gasteiger partial charge < -0.3 is 24.1 Å². The van der Waals surface area contributed by atoms with Gasteiger partial charge in [0.2, 0.25) is 0 Å². The number of carbonyl (C=O) groups is 2. The van der Waals surface area contributed by atoms with Gasteiger partial charge in [0.15, 0.2) is 5.78 Å². The van der Waals surface area contributed by atoms with Crippen molar-refractivity contribution in [2.75, 3.05) is 6.61 Å². The molecule has 1 atom stereocenters. The average molecular weight is 565 g/mol. The summed E-state index contributed by atoms with van der Waals surface area (Å²) in [6.07, 6.45) is 2.22. The maximum atomic E-state index is 12.8. The molecule has 8 heteroatoms. The predicted octanol–water partition coefficient (Wildman–Crippen LogP) is 3.75. The van der Waals surface area contributed by atoms with E-state index in [1.54, 1.807) is 36.4 Å². The SMILES string of the molecule is O=C(CCCc1cccc(Oc2ccccc2)c1)c1ccc(Oc2cc3c(cc2Cl)C(C(=O)[O-])CCO3)cc1.[Na+]. The molecule has 5 rings (SSSR count). The number of benzene rings is 4. The van der Waals surface area contributed by atoms with Crippen molar-refractivity contribution in [3.05, 3.63) is 113 Å². The molecule has 0 spiro atoms. The van der Waals surface area contributed by atoms with E-state index in [-0.39, 0.29) is 47.0 Å². The minimum Gasteiger partial charge on any atom is -0.549 e. The summed E-state index contributed by atoms with van der Waals surface area (Å²) < 4.78 is 17.4. The second kappa shape index (κ2) is 13.9. The number of halogens is 1. The molecule has 1 heterocycles. The van der Waals surface area contributed by atoms with E-state index in [0.717, 1.165) is 23.5 Å². The number of Topliss-reactive ketones (excluding diaryl/α,β-unsaturated/α-hetero) is 1. The Morgan fingerprint density at radius 2 is 1.60 bits per heavy atom. The van der Waals surface area contributed by atoms with Crippen LogP contribution >= 0.6 is 11.6 Å². The van der Waals surface area contributed by atoms with Crippen LogP contribution in [0.25, 0.3) is 0 Å². The van der Waals surface area contributed by atoms with E-state index in [1.807, 2.05) is 54.6 Å². The standard InChI is InChI=1S/C32H27ClO6.Na/c33-28-19-27-26(32(35)36)16-17-37-30(27)20-31(28)39-24-14-12-22(13-15-24)29(34)11-5-7-21-6-4-10-25(18-21)38-23-8-2-1-3-9-23;/h1-4,6,8-10,12-15,18-20,26H,5,7,11,16-17H2,(H,35,36);/q;+1/p-1. The van der Waals surface area contributed by atoms with Gasteiger partial charge in [0.25, 0.3) is 0 Å². The number of carbonyl (C=O) groups excluding carboxylic acids is 2. The number of ketones is 1. The zero-order chi connectivity index (χ0) is 27.2. The first-order chi connectivity index (χ1) is 19.0. The van der Waals surface area contributed by atoms with Crippen molar-refractivity contribution in [1.29, 1.82) is 0 Å². The molecule has 1 unspecified atom stereocenters. The van der Waals surface area contributed by atoms with Gasteiger partial charge in [0.05, 0.1) is 11.6 Å². The number of hydrogen-bond donors (Lipinski definition) is 0. The topological polar surface area (TPSA) is 84.9 Å². The van der Waals surface area contributed by atoms with Crippen molar-refractivity contribution < 1.29 is 58.5 Å². The molecule has 0 aliphatic carbocycles. The fraction of sp³-hybridized carbons (Fsp3) is 0.188. The largest absolute Gasteiger partial charge is 1.00 e. The molecular weight excluding hydrogens is 539 g/mol. The Labute approximate surface area is 260 Å². The van der Waals surface area contributed by atoms with E-state index in [2.05, 4.69) is 0 Å². The van der Waals surface area contributed by atoms with Gasteiger partial charge >= 0.3 is 29.6 Å². The minimum absolute atomic E-state index is 0. The van der Waals surface area contributed by atoms with Crippen LogP contribution in [0.4, 0.5) is 0 Å². The third-order valence-electron chi connectivity index (χ3n) is 6.54. The van der Waals surface area contributed by atoms with Gasteiger partial charge in [-0.1, -0.05) is 41.9 Å². The number of hydrogen-bond acceptors (Lipinski definition) is 6. The summed E-state index contributed by atoms with van der Waals surface area (Å²) in [4.78, 5) is 24.2. The van der Waals surface area contributed by atoms with Gasteiger partial charge in [0.1, 0.15) is 28.7 Å². The molecule has 1 aliphatic heterocycles. The van der Waals surface area contributed by atoms with Crippen LogP contribution in [0.15, 0.2) is 91.0 Å². The Balaban J connectivity index is 0.00000370. The third kappa shape index (κ3) is 7.46. The summed E-state index contributed by atoms with van der Waals surface area (Å²) >= 11 is 6.36. The fourth-order valence-electron chi connectivity index (χ4n) is 4.54. The summed E-state index contributed by atoms with van der Waals surface area (Å²) in [7, 11) is 0. The number of carboxylic acid groups (broad SMARTS) is 1. The summed E-state index contributed by atoms with van der Waals surface area (Å²) in [5.74, 6) is 0.925. The van der Waals surface area contributed by atoms with Crippen LogP contribution in [-0.2, 0) is 11.2 Å². The first kappa shape index (κ1) is 29.7. The molecule has 0 bridgehead atoms. The van der Waals surface area contributed by atoms with Crippen molar-refractivity contribution in [3.63, 3.8) is 0 Å². The normalized spacial score (nSPS) is 13.8. The Morgan fingerprint density at radius 3 is 2.35 bits per heavy atom. The molecule has 198 valence electrons. The number of ether oxygens (including phenoxy) is 3. The Morgan fingerprint density at radius 1 is 0.875 bits per heavy atom. The molecule has 0 N–H and O–H groups in total. The summed E-state index contributed by atoms with van der Waals surface area (Å²) in [5.41, 5.74) is 2.19. The van der Waals surface area contributed by atoms with Crippen LogP contribution in [0.3, 0.4) is 0 Å². The zero-order valence-electron chi connectivity index (χ0n) is 22.1. The first-order valence-corrected chi connectivity index (χ1v) is 13.1. The Kier molecular flexibility index (Phi) is 10.3. The first-order valence-electron chi connectivity index (χ1n) is 12.8. The summed E-state index contributed by atoms with van der Waals surface area (Å²) in [6, 6.07) is 27.5. The third-order valence-corrected chi connectivity index (χ3v) is 6.83. The van der Waals surface area contributed by atoms with Crippen LogP contribution < -0.4 is 48.9 Å². The molecule has 6 nitrogen and oxygen atoms in total. The maximum absolute atomic E-state index is 12.8. The zero-order valence-corrected chi connectivity index (χ0v) is 24.9. The Hall–Kier alpha value is -3.29. The van der Waals surface area contributed by atoms with Gasteiger partial charge in [-0.3, -0.25) is 4.79 Å². The molecule has 0 amide bonds. The van der Waals surface area contributed by atoms with E-state index in [9.17, 15) is 14.7 Å². The van der Waals surface area contributed by atoms with Crippen molar-refractivity contribution in [3.8, 4) is 28.7 Å². The summed E-state index contributed by atoms with van der Waals surface area (Å²) in [6.45, 7) is 0.274. The molecule has 0 saturated carbocycles. The number of carboxylic acids is 1. The average Bonchev–Trinajstić information content (AvgIpc) is 2.94. The van der Waals surface area contributed by atoms with E-state index >= 15 is 0 Å². The van der Waals surface area contributed by atoms with E-state index in [0.29, 0.717) is 47.6 Å². The molecule has 0 radical (unpaired) electrons. The molecule has 1 aliphatic rings. The second-order valence-corrected chi connectivity index (χ2v) is 9.70. The monoisotopic (exact) mass is 564 g/mol. The smallest absolute Gasteiger partial charge is 0.549 e. The van der Waals surface area contributed by atoms with Crippen molar-refractivity contribution >= 4 is 23.4 Å². The molecule has 4 aromatic carbocycles. The summed E-state index contributed by atoms with van der Waals surface area (Å²) in [5, 5.41) is 11.7. The van der Waals surface area contributed by atoms with Gasteiger partial charge in [-0.2, -0.15) is 0 Å². The molecule has 40 heavy (non-hydrogen) atoms. The molecule has 0 aromatic heterocycles. The fourth-order valence-corrected chi connectivity index (χ4v) is 4.75. The quantitative estimate of drug-likeness (QED) is 0.215. The Bertz CT molecular complexity index is 1470. The van der Waals surface area contributed by atoms with Crippen LogP contribution in [-0.4, -0.2) is 18.4 Å². The molecule has 0 fully saturated rings. The number of rotatable bonds is 10. The van der Waals surface area contributed by atoms with E-state index < -0.39 is 11.9 Å². The van der Waals surface area contributed by atoms with Gasteiger partial charge in [-0.25, -0.2) is 0 Å². The molecule has 4 aromatic rings.